The number of amides is 4. The SMILES string of the molecule is Cc1ccccc1CCNC(=O)COC(=O)CN1C(=O)N(C)C2(CCCCC2)C1=O. The van der Waals surface area contributed by atoms with Crippen molar-refractivity contribution in [1.29, 1.82) is 0 Å². The Labute approximate surface area is 176 Å². The van der Waals surface area contributed by atoms with E-state index in [9.17, 15) is 19.2 Å². The number of ether oxygens (including phenoxy) is 1. The summed E-state index contributed by atoms with van der Waals surface area (Å²) in [5.41, 5.74) is 1.46. The van der Waals surface area contributed by atoms with Gasteiger partial charge in [-0.3, -0.25) is 19.3 Å². The first-order chi connectivity index (χ1) is 14.3. The van der Waals surface area contributed by atoms with Crippen LogP contribution in [-0.4, -0.2) is 65.9 Å². The molecule has 0 bridgehead atoms. The van der Waals surface area contributed by atoms with Gasteiger partial charge >= 0.3 is 12.0 Å². The quantitative estimate of drug-likeness (QED) is 0.541. The summed E-state index contributed by atoms with van der Waals surface area (Å²) < 4.78 is 4.98. The van der Waals surface area contributed by atoms with Crippen molar-refractivity contribution >= 4 is 23.8 Å². The number of aryl methyl sites for hydroxylation is 1. The van der Waals surface area contributed by atoms with Crippen LogP contribution in [-0.2, 0) is 25.5 Å². The van der Waals surface area contributed by atoms with Crippen molar-refractivity contribution in [2.75, 3.05) is 26.7 Å². The summed E-state index contributed by atoms with van der Waals surface area (Å²) in [4.78, 5) is 51.9. The number of benzene rings is 1. The fraction of sp³-hybridized carbons (Fsp3) is 0.545. The van der Waals surface area contributed by atoms with Crippen LogP contribution < -0.4 is 5.32 Å². The molecule has 1 aliphatic carbocycles. The van der Waals surface area contributed by atoms with Crippen LogP contribution in [0.15, 0.2) is 24.3 Å². The van der Waals surface area contributed by atoms with E-state index in [-0.39, 0.29) is 5.91 Å². The smallest absolute Gasteiger partial charge is 0.327 e. The number of nitrogens with zero attached hydrogens (tertiary/aromatic N) is 2. The number of nitrogens with one attached hydrogen (secondary N) is 1. The molecule has 1 N–H and O–H groups in total. The molecular weight excluding hydrogens is 386 g/mol. The molecule has 1 saturated heterocycles. The lowest BCUT2D eigenvalue weighted by atomic mass is 9.81. The normalized spacial score (nSPS) is 18.1. The molecule has 30 heavy (non-hydrogen) atoms. The van der Waals surface area contributed by atoms with Gasteiger partial charge in [-0.2, -0.15) is 0 Å². The first-order valence-corrected chi connectivity index (χ1v) is 10.4. The zero-order valence-corrected chi connectivity index (χ0v) is 17.6. The number of hydrogen-bond donors (Lipinski definition) is 1. The number of carbonyl (C=O) groups is 4. The maximum absolute atomic E-state index is 12.9. The van der Waals surface area contributed by atoms with E-state index < -0.39 is 36.6 Å². The van der Waals surface area contributed by atoms with Gasteiger partial charge in [0, 0.05) is 13.6 Å². The van der Waals surface area contributed by atoms with Gasteiger partial charge in [0.1, 0.15) is 12.1 Å². The van der Waals surface area contributed by atoms with E-state index >= 15 is 0 Å². The third kappa shape index (κ3) is 4.47. The molecule has 2 fully saturated rings. The van der Waals surface area contributed by atoms with Gasteiger partial charge in [0.05, 0.1) is 0 Å². The molecule has 8 heteroatoms. The van der Waals surface area contributed by atoms with Crippen LogP contribution >= 0.6 is 0 Å². The third-order valence-corrected chi connectivity index (χ3v) is 6.11. The highest BCUT2D eigenvalue weighted by Gasteiger charge is 2.55. The van der Waals surface area contributed by atoms with Gasteiger partial charge in [0.2, 0.25) is 0 Å². The topological polar surface area (TPSA) is 96.0 Å². The molecular formula is C22H29N3O5. The molecule has 1 saturated carbocycles. The van der Waals surface area contributed by atoms with E-state index in [1.54, 1.807) is 7.05 Å². The third-order valence-electron chi connectivity index (χ3n) is 6.11. The fourth-order valence-corrected chi connectivity index (χ4v) is 4.27. The van der Waals surface area contributed by atoms with E-state index in [0.717, 1.165) is 35.3 Å². The lowest BCUT2D eigenvalue weighted by molar-refractivity contribution is -0.151. The fourth-order valence-electron chi connectivity index (χ4n) is 4.27. The standard InChI is InChI=1S/C22H29N3O5/c1-16-8-4-5-9-17(16)10-13-23-18(26)15-30-19(27)14-25-20(28)22(24(2)21(25)29)11-6-3-7-12-22/h4-5,8-9H,3,6-7,10-15H2,1-2H3,(H,23,26). The van der Waals surface area contributed by atoms with Gasteiger partial charge in [0.25, 0.3) is 11.8 Å². The first kappa shape index (κ1) is 21.8. The Balaban J connectivity index is 1.44. The Morgan fingerprint density at radius 2 is 1.83 bits per heavy atom. The van der Waals surface area contributed by atoms with Crippen LogP contribution in [0.3, 0.4) is 0 Å². The Kier molecular flexibility index (Phi) is 6.74. The predicted molar refractivity (Wildman–Crippen MR) is 110 cm³/mol. The summed E-state index contributed by atoms with van der Waals surface area (Å²) in [5.74, 6) is -1.53. The molecule has 162 valence electrons. The van der Waals surface area contributed by atoms with Crippen LogP contribution in [0.5, 0.6) is 0 Å². The molecule has 3 rings (SSSR count). The monoisotopic (exact) mass is 415 g/mol. The van der Waals surface area contributed by atoms with Crippen LogP contribution in [0.1, 0.15) is 43.2 Å². The average Bonchev–Trinajstić information content (AvgIpc) is 2.90. The Morgan fingerprint density at radius 3 is 2.53 bits per heavy atom. The number of esters is 1. The number of carbonyl (C=O) groups excluding carboxylic acids is 4. The van der Waals surface area contributed by atoms with Crippen molar-refractivity contribution in [1.82, 2.24) is 15.1 Å². The van der Waals surface area contributed by atoms with Gasteiger partial charge in [-0.05, 0) is 37.3 Å². The molecule has 2 aliphatic rings. The second-order valence-electron chi connectivity index (χ2n) is 8.01. The summed E-state index contributed by atoms with van der Waals surface area (Å²) in [6.45, 7) is 1.52. The highest BCUT2D eigenvalue weighted by molar-refractivity contribution is 6.08. The summed E-state index contributed by atoms with van der Waals surface area (Å²) in [6, 6.07) is 7.43. The van der Waals surface area contributed by atoms with E-state index in [2.05, 4.69) is 5.32 Å². The van der Waals surface area contributed by atoms with Gasteiger partial charge in [-0.1, -0.05) is 43.5 Å². The van der Waals surface area contributed by atoms with Crippen molar-refractivity contribution in [3.63, 3.8) is 0 Å². The zero-order chi connectivity index (χ0) is 21.7. The molecule has 0 atom stereocenters. The molecule has 4 amide bonds. The molecule has 1 aromatic carbocycles. The Bertz CT molecular complexity index is 832. The van der Waals surface area contributed by atoms with Gasteiger partial charge < -0.3 is 15.0 Å². The van der Waals surface area contributed by atoms with Crippen LogP contribution in [0.2, 0.25) is 0 Å². The molecule has 0 aromatic heterocycles. The summed E-state index contributed by atoms with van der Waals surface area (Å²) >= 11 is 0. The van der Waals surface area contributed by atoms with Gasteiger partial charge in [-0.25, -0.2) is 4.79 Å². The number of hydrogen-bond acceptors (Lipinski definition) is 5. The first-order valence-electron chi connectivity index (χ1n) is 10.4. The molecule has 8 nitrogen and oxygen atoms in total. The van der Waals surface area contributed by atoms with Gasteiger partial charge in [-0.15, -0.1) is 0 Å². The highest BCUT2D eigenvalue weighted by atomic mass is 16.5. The largest absolute Gasteiger partial charge is 0.454 e. The van der Waals surface area contributed by atoms with Gasteiger partial charge in [0.15, 0.2) is 6.61 Å². The second kappa shape index (κ2) is 9.28. The minimum Gasteiger partial charge on any atom is -0.454 e. The van der Waals surface area contributed by atoms with Crippen LogP contribution in [0.25, 0.3) is 0 Å². The molecule has 1 aromatic rings. The average molecular weight is 415 g/mol. The van der Waals surface area contributed by atoms with E-state index in [4.69, 9.17) is 4.74 Å². The molecule has 0 radical (unpaired) electrons. The summed E-state index contributed by atoms with van der Waals surface area (Å²) in [6.07, 6.45) is 4.70. The summed E-state index contributed by atoms with van der Waals surface area (Å²) in [7, 11) is 1.61. The molecule has 1 heterocycles. The van der Waals surface area contributed by atoms with E-state index in [1.165, 1.54) is 4.90 Å². The van der Waals surface area contributed by atoms with E-state index in [1.807, 2.05) is 31.2 Å². The summed E-state index contributed by atoms with van der Waals surface area (Å²) in [5, 5.41) is 2.71. The number of urea groups is 1. The van der Waals surface area contributed by atoms with Crippen LogP contribution in [0.4, 0.5) is 4.79 Å². The van der Waals surface area contributed by atoms with Crippen molar-refractivity contribution in [3.05, 3.63) is 35.4 Å². The molecule has 1 spiro atoms. The van der Waals surface area contributed by atoms with E-state index in [0.29, 0.717) is 25.8 Å². The minimum absolute atomic E-state index is 0.339. The zero-order valence-electron chi connectivity index (χ0n) is 17.6. The van der Waals surface area contributed by atoms with Crippen molar-refractivity contribution < 1.29 is 23.9 Å². The lowest BCUT2D eigenvalue weighted by Gasteiger charge is -2.35. The lowest BCUT2D eigenvalue weighted by Crippen LogP contribution is -2.49. The van der Waals surface area contributed by atoms with Crippen molar-refractivity contribution in [2.45, 2.75) is 51.0 Å². The Hall–Kier alpha value is -2.90. The molecule has 0 unspecified atom stereocenters. The second-order valence-corrected chi connectivity index (χ2v) is 8.01. The maximum Gasteiger partial charge on any atom is 0.327 e. The number of likely N-dealkylation sites (N-methyl/N-ethyl adjacent to an activating group) is 1. The Morgan fingerprint density at radius 1 is 1.13 bits per heavy atom. The van der Waals surface area contributed by atoms with Crippen LogP contribution in [0, 0.1) is 6.92 Å². The molecule has 1 aliphatic heterocycles. The van der Waals surface area contributed by atoms with Crippen molar-refractivity contribution in [2.24, 2.45) is 0 Å². The number of rotatable bonds is 7. The maximum atomic E-state index is 12.9. The predicted octanol–water partition coefficient (Wildman–Crippen LogP) is 1.79. The number of imide groups is 1. The minimum atomic E-state index is -0.831. The highest BCUT2D eigenvalue weighted by Crippen LogP contribution is 2.39. The van der Waals surface area contributed by atoms with Crippen molar-refractivity contribution in [3.8, 4) is 0 Å².